The molecule has 16 nitrogen and oxygen atoms in total. The van der Waals surface area contributed by atoms with E-state index in [1.807, 2.05) is 0 Å². The van der Waals surface area contributed by atoms with Gasteiger partial charge in [0.05, 0.1) is 21.0 Å². The molecule has 20 heteroatoms. The first kappa shape index (κ1) is 31.3. The van der Waals surface area contributed by atoms with E-state index in [0.717, 1.165) is 0 Å². The average Bonchev–Trinajstić information content (AvgIpc) is 2.62. The summed E-state index contributed by atoms with van der Waals surface area (Å²) < 4.78 is 64.2. The SMILES string of the molecule is O=C1c2c([N+](=O)[O-])cc(S(=O)(=O)O)c(O)c2C(=O)c2c([N+](=O)[O-])cc(S(=O)(=O)O)c(O)c21.[K+].[K+]. The second kappa shape index (κ2) is 10.3. The Morgan fingerprint density at radius 2 is 0.912 bits per heavy atom. The number of nitro groups is 2. The van der Waals surface area contributed by atoms with Crippen LogP contribution >= 0.6 is 0 Å². The molecule has 2 aromatic carbocycles. The van der Waals surface area contributed by atoms with E-state index in [4.69, 9.17) is 0 Å². The molecule has 0 saturated heterocycles. The number of carbonyl (C=O) groups is 2. The van der Waals surface area contributed by atoms with Crippen LogP contribution in [0.5, 0.6) is 11.5 Å². The summed E-state index contributed by atoms with van der Waals surface area (Å²) in [4.78, 5) is 42.7. The fraction of sp³-hybridized carbons (Fsp3) is 0. The molecule has 0 aliphatic heterocycles. The Kier molecular flexibility index (Phi) is 9.51. The predicted molar refractivity (Wildman–Crippen MR) is 96.0 cm³/mol. The van der Waals surface area contributed by atoms with Crippen LogP contribution in [0.15, 0.2) is 21.9 Å². The first-order chi connectivity index (χ1) is 14.5. The molecule has 0 aromatic heterocycles. The average molecular weight is 569 g/mol. The zero-order valence-electron chi connectivity index (χ0n) is 16.7. The number of ketones is 2. The van der Waals surface area contributed by atoms with Gasteiger partial charge in [-0.15, -0.1) is 0 Å². The van der Waals surface area contributed by atoms with Crippen molar-refractivity contribution >= 4 is 43.2 Å². The second-order valence-corrected chi connectivity index (χ2v) is 8.89. The van der Waals surface area contributed by atoms with E-state index in [2.05, 4.69) is 0 Å². The molecule has 0 heterocycles. The summed E-state index contributed by atoms with van der Waals surface area (Å²) in [5, 5.41) is 43.1. The van der Waals surface area contributed by atoms with Crippen molar-refractivity contribution < 1.29 is 158 Å². The molecule has 0 amide bonds. The molecular formula is C14H6K2N2O14S2+2. The summed E-state index contributed by atoms with van der Waals surface area (Å²) >= 11 is 0. The molecule has 0 fully saturated rings. The van der Waals surface area contributed by atoms with Gasteiger partial charge in [-0.05, 0) is 0 Å². The number of carbonyl (C=O) groups excluding carboxylic acids is 2. The van der Waals surface area contributed by atoms with Crippen LogP contribution in [0.1, 0.15) is 31.8 Å². The quantitative estimate of drug-likeness (QED) is 0.0988. The van der Waals surface area contributed by atoms with Crippen molar-refractivity contribution in [2.75, 3.05) is 0 Å². The second-order valence-electron chi connectivity index (χ2n) is 6.11. The van der Waals surface area contributed by atoms with E-state index in [9.17, 15) is 66.0 Å². The third kappa shape index (κ3) is 5.06. The fourth-order valence-corrected chi connectivity index (χ4v) is 4.32. The van der Waals surface area contributed by atoms with E-state index in [1.54, 1.807) is 0 Å². The van der Waals surface area contributed by atoms with E-state index >= 15 is 0 Å². The maximum atomic E-state index is 12.9. The van der Waals surface area contributed by atoms with Crippen LogP contribution in [-0.2, 0) is 20.2 Å². The number of hydrogen-bond donors (Lipinski definition) is 4. The number of phenols is 2. The number of hydrogen-bond acceptors (Lipinski definition) is 12. The Balaban J connectivity index is 0.00000289. The summed E-state index contributed by atoms with van der Waals surface area (Å²) in [6.45, 7) is 0. The van der Waals surface area contributed by atoms with Gasteiger partial charge in [0.2, 0.25) is 11.6 Å². The van der Waals surface area contributed by atoms with Gasteiger partial charge in [0.25, 0.3) is 31.6 Å². The van der Waals surface area contributed by atoms with Gasteiger partial charge in [0, 0.05) is 12.1 Å². The van der Waals surface area contributed by atoms with E-state index in [-0.39, 0.29) is 115 Å². The van der Waals surface area contributed by atoms with Gasteiger partial charge in [-0.2, -0.15) is 16.8 Å². The number of benzene rings is 2. The summed E-state index contributed by atoms with van der Waals surface area (Å²) in [5.74, 6) is -6.90. The Bertz CT molecular complexity index is 1420. The smallest absolute Gasteiger partial charge is 0.506 e. The minimum atomic E-state index is -5.42. The molecule has 0 unspecified atom stereocenters. The van der Waals surface area contributed by atoms with Crippen LogP contribution in [0.3, 0.4) is 0 Å². The molecule has 3 rings (SSSR count). The largest absolute Gasteiger partial charge is 1.00 e. The molecule has 4 N–H and O–H groups in total. The summed E-state index contributed by atoms with van der Waals surface area (Å²) in [6, 6.07) is 0.0234. The minimum absolute atomic E-state index is 0. The van der Waals surface area contributed by atoms with E-state index in [0.29, 0.717) is 0 Å². The summed E-state index contributed by atoms with van der Waals surface area (Å²) in [6.07, 6.45) is 0. The van der Waals surface area contributed by atoms with Crippen LogP contribution in [0, 0.1) is 20.2 Å². The minimum Gasteiger partial charge on any atom is -0.506 e. The van der Waals surface area contributed by atoms with Crippen LogP contribution < -0.4 is 103 Å². The third-order valence-electron chi connectivity index (χ3n) is 4.35. The molecule has 2 aromatic rings. The predicted octanol–water partition coefficient (Wildman–Crippen LogP) is -5.81. The summed E-state index contributed by atoms with van der Waals surface area (Å²) in [7, 11) is -10.8. The van der Waals surface area contributed by atoms with Gasteiger partial charge >= 0.3 is 103 Å². The van der Waals surface area contributed by atoms with Crippen molar-refractivity contribution in [3.05, 3.63) is 54.6 Å². The van der Waals surface area contributed by atoms with Crippen LogP contribution in [0.2, 0.25) is 0 Å². The van der Waals surface area contributed by atoms with Crippen molar-refractivity contribution in [2.24, 2.45) is 0 Å². The number of rotatable bonds is 4. The van der Waals surface area contributed by atoms with Gasteiger partial charge < -0.3 is 10.2 Å². The van der Waals surface area contributed by atoms with Crippen molar-refractivity contribution in [1.29, 1.82) is 0 Å². The van der Waals surface area contributed by atoms with Crippen molar-refractivity contribution in [1.82, 2.24) is 0 Å². The van der Waals surface area contributed by atoms with Crippen molar-refractivity contribution in [3.63, 3.8) is 0 Å². The molecule has 1 aliphatic rings. The fourth-order valence-electron chi connectivity index (χ4n) is 3.10. The van der Waals surface area contributed by atoms with E-state index in [1.165, 1.54) is 0 Å². The van der Waals surface area contributed by atoms with Crippen LogP contribution in [-0.4, -0.2) is 57.6 Å². The number of aromatic hydroxyl groups is 2. The van der Waals surface area contributed by atoms with Gasteiger partial charge in [0.1, 0.15) is 32.4 Å². The number of nitrogens with zero attached hydrogens (tertiary/aromatic N) is 2. The molecule has 168 valence electrons. The molecular weight excluding hydrogens is 562 g/mol. The van der Waals surface area contributed by atoms with Gasteiger partial charge in [-0.3, -0.25) is 38.9 Å². The molecule has 0 atom stereocenters. The topological polar surface area (TPSA) is 270 Å². The Hall–Kier alpha value is -0.727. The van der Waals surface area contributed by atoms with E-state index < -0.39 is 96.6 Å². The zero-order chi connectivity index (χ0) is 24.5. The Morgan fingerprint density at radius 3 is 1.12 bits per heavy atom. The first-order valence-electron chi connectivity index (χ1n) is 7.63. The van der Waals surface area contributed by atoms with Crippen LogP contribution in [0.25, 0.3) is 0 Å². The number of phenolic OH excluding ortho intramolecular Hbond substituents is 2. The maximum absolute atomic E-state index is 12.9. The molecule has 0 bridgehead atoms. The normalized spacial score (nSPS) is 12.6. The maximum Gasteiger partial charge on any atom is 1.00 e. The number of nitro benzene ring substituents is 2. The molecule has 0 saturated carbocycles. The van der Waals surface area contributed by atoms with Gasteiger partial charge in [0.15, 0.2) is 0 Å². The zero-order valence-corrected chi connectivity index (χ0v) is 24.6. The van der Waals surface area contributed by atoms with Gasteiger partial charge in [-0.25, -0.2) is 0 Å². The molecule has 0 spiro atoms. The number of fused-ring (bicyclic) bond motifs is 2. The van der Waals surface area contributed by atoms with Crippen molar-refractivity contribution in [2.45, 2.75) is 9.79 Å². The van der Waals surface area contributed by atoms with Crippen molar-refractivity contribution in [3.8, 4) is 11.5 Å². The monoisotopic (exact) mass is 568 g/mol. The molecule has 0 radical (unpaired) electrons. The Morgan fingerprint density at radius 1 is 0.647 bits per heavy atom. The standard InChI is InChI=1S/C14H6N2O14S2.2K/c17-11-5(31(25,26)27)1-3(15(21)22)7-9(11)14(20)8-4(16(23)24)2-6(32(28,29)30)12(18)10(8)13(7)19;;/h1-2,17-18H,(H,25,26,27)(H,28,29,30);;/q;2*+1. The molecule has 34 heavy (non-hydrogen) atoms. The third-order valence-corrected chi connectivity index (χ3v) is 6.08. The summed E-state index contributed by atoms with van der Waals surface area (Å²) in [5.41, 5.74) is -8.51. The Labute approximate surface area is 273 Å². The van der Waals surface area contributed by atoms with Gasteiger partial charge in [-0.1, -0.05) is 0 Å². The molecule has 1 aliphatic carbocycles. The first-order valence-corrected chi connectivity index (χ1v) is 10.5. The van der Waals surface area contributed by atoms with Crippen LogP contribution in [0.4, 0.5) is 11.4 Å².